The number of amides is 1. The Hall–Kier alpha value is -1.81. The molecule has 0 aliphatic carbocycles. The maximum atomic E-state index is 12.6. The van der Waals surface area contributed by atoms with Gasteiger partial charge in [0, 0.05) is 6.54 Å². The molecule has 1 aromatic carbocycles. The third kappa shape index (κ3) is 3.75. The fraction of sp³-hybridized carbons (Fsp3) is 0.444. The maximum absolute atomic E-state index is 12.6. The Morgan fingerprint density at radius 2 is 1.91 bits per heavy atom. The highest BCUT2D eigenvalue weighted by atomic mass is 35.5. The molecule has 1 N–H and O–H groups in total. The number of para-hydroxylation sites is 1. The van der Waals surface area contributed by atoms with Crippen molar-refractivity contribution in [3.63, 3.8) is 0 Å². The van der Waals surface area contributed by atoms with E-state index in [0.717, 1.165) is 17.1 Å². The minimum atomic E-state index is -0.0711. The van der Waals surface area contributed by atoms with Gasteiger partial charge in [0.1, 0.15) is 0 Å². The zero-order valence-corrected chi connectivity index (χ0v) is 15.1. The van der Waals surface area contributed by atoms with Crippen LogP contribution in [-0.2, 0) is 0 Å². The summed E-state index contributed by atoms with van der Waals surface area (Å²) in [6, 6.07) is 7.54. The minimum Gasteiger partial charge on any atom is -0.352 e. The van der Waals surface area contributed by atoms with Crippen LogP contribution in [0.4, 0.5) is 0 Å². The van der Waals surface area contributed by atoms with Crippen molar-refractivity contribution in [1.29, 1.82) is 0 Å². The zero-order chi connectivity index (χ0) is 17.1. The summed E-state index contributed by atoms with van der Waals surface area (Å²) in [5.41, 5.74) is 3.05. The molecule has 1 amide bonds. The Kier molecular flexibility index (Phi) is 5.47. The van der Waals surface area contributed by atoms with Gasteiger partial charge in [-0.2, -0.15) is 5.10 Å². The lowest BCUT2D eigenvalue weighted by atomic mass is 10.0. The molecule has 0 unspecified atom stereocenters. The second-order valence-corrected chi connectivity index (χ2v) is 6.87. The van der Waals surface area contributed by atoms with E-state index in [4.69, 9.17) is 11.6 Å². The molecular weight excluding hydrogens is 310 g/mol. The lowest BCUT2D eigenvalue weighted by Crippen LogP contribution is -2.28. The number of carbonyl (C=O) groups is 1. The molecule has 2 aromatic rings. The van der Waals surface area contributed by atoms with Crippen molar-refractivity contribution in [2.45, 2.75) is 40.5 Å². The van der Waals surface area contributed by atoms with Gasteiger partial charge in [0.15, 0.2) is 0 Å². The van der Waals surface area contributed by atoms with Crippen molar-refractivity contribution in [2.75, 3.05) is 6.54 Å². The van der Waals surface area contributed by atoms with Crippen LogP contribution in [0, 0.1) is 12.8 Å². The van der Waals surface area contributed by atoms with Crippen LogP contribution in [0.1, 0.15) is 55.4 Å². The predicted molar refractivity (Wildman–Crippen MR) is 94.6 cm³/mol. The number of hydrogen-bond donors (Lipinski definition) is 1. The van der Waals surface area contributed by atoms with Crippen LogP contribution >= 0.6 is 11.6 Å². The van der Waals surface area contributed by atoms with E-state index in [1.54, 1.807) is 4.68 Å². The fourth-order valence-corrected chi connectivity index (χ4v) is 2.77. The third-order valence-corrected chi connectivity index (χ3v) is 3.94. The molecule has 1 aromatic heterocycles. The molecule has 0 aliphatic heterocycles. The topological polar surface area (TPSA) is 46.9 Å². The summed E-state index contributed by atoms with van der Waals surface area (Å²) < 4.78 is 1.80. The Balaban J connectivity index is 2.53. The molecule has 1 heterocycles. The van der Waals surface area contributed by atoms with E-state index in [-0.39, 0.29) is 11.8 Å². The number of rotatable bonds is 5. The van der Waals surface area contributed by atoms with Gasteiger partial charge in [-0.05, 0) is 30.9 Å². The van der Waals surface area contributed by atoms with E-state index in [2.05, 4.69) is 38.1 Å². The third-order valence-electron chi connectivity index (χ3n) is 3.62. The summed E-state index contributed by atoms with van der Waals surface area (Å²) in [6.45, 7) is 10.8. The molecule has 0 bridgehead atoms. The molecule has 0 aliphatic rings. The molecule has 0 radical (unpaired) electrons. The second-order valence-electron chi connectivity index (χ2n) is 6.47. The summed E-state index contributed by atoms with van der Waals surface area (Å²) in [5.74, 6) is 0.478. The Morgan fingerprint density at radius 3 is 2.48 bits per heavy atom. The number of nitrogens with one attached hydrogen (secondary N) is 1. The largest absolute Gasteiger partial charge is 0.352 e. The van der Waals surface area contributed by atoms with Crippen LogP contribution in [-0.4, -0.2) is 22.2 Å². The first-order valence-corrected chi connectivity index (χ1v) is 8.33. The van der Waals surface area contributed by atoms with E-state index in [1.807, 2.05) is 31.2 Å². The number of halogens is 1. The number of carbonyl (C=O) groups excluding carboxylic acids is 1. The Morgan fingerprint density at radius 1 is 1.26 bits per heavy atom. The fourth-order valence-electron chi connectivity index (χ4n) is 2.55. The Labute approximate surface area is 142 Å². The van der Waals surface area contributed by atoms with E-state index in [0.29, 0.717) is 23.0 Å². The molecule has 4 nitrogen and oxygen atoms in total. The lowest BCUT2D eigenvalue weighted by molar-refractivity contribution is 0.0947. The maximum Gasteiger partial charge on any atom is 0.255 e. The smallest absolute Gasteiger partial charge is 0.255 e. The molecule has 2 rings (SSSR count). The first kappa shape index (κ1) is 17.5. The van der Waals surface area contributed by atoms with Gasteiger partial charge in [-0.25, -0.2) is 4.68 Å². The summed E-state index contributed by atoms with van der Waals surface area (Å²) in [7, 11) is 0. The first-order chi connectivity index (χ1) is 10.8. The number of hydrogen-bond acceptors (Lipinski definition) is 2. The van der Waals surface area contributed by atoms with Gasteiger partial charge in [0.25, 0.3) is 5.91 Å². The molecule has 0 spiro atoms. The standard InChI is InChI=1S/C18H24ClN3O/c1-11(2)10-20-18(23)16-13(5)21-22(17(16)12(3)4)15-9-7-6-8-14(15)19/h6-9,11-12H,10H2,1-5H3,(H,20,23). The highest BCUT2D eigenvalue weighted by molar-refractivity contribution is 6.32. The van der Waals surface area contributed by atoms with Gasteiger partial charge < -0.3 is 5.32 Å². The first-order valence-electron chi connectivity index (χ1n) is 7.95. The number of aromatic nitrogens is 2. The SMILES string of the molecule is Cc1nn(-c2ccccc2Cl)c(C(C)C)c1C(=O)NCC(C)C. The van der Waals surface area contributed by atoms with Crippen LogP contribution in [0.5, 0.6) is 0 Å². The van der Waals surface area contributed by atoms with Crippen molar-refractivity contribution in [1.82, 2.24) is 15.1 Å². The molecule has 0 atom stereocenters. The summed E-state index contributed by atoms with van der Waals surface area (Å²) in [5, 5.41) is 8.19. The highest BCUT2D eigenvalue weighted by Gasteiger charge is 2.24. The normalized spacial score (nSPS) is 11.3. The van der Waals surface area contributed by atoms with Crippen LogP contribution < -0.4 is 5.32 Å². The van der Waals surface area contributed by atoms with E-state index in [9.17, 15) is 4.79 Å². The van der Waals surface area contributed by atoms with Gasteiger partial charge in [-0.1, -0.05) is 51.4 Å². The van der Waals surface area contributed by atoms with E-state index >= 15 is 0 Å². The van der Waals surface area contributed by atoms with Crippen LogP contribution in [0.15, 0.2) is 24.3 Å². The molecule has 5 heteroatoms. The summed E-state index contributed by atoms with van der Waals surface area (Å²) >= 11 is 6.32. The predicted octanol–water partition coefficient (Wildman–Crippen LogP) is 4.34. The minimum absolute atomic E-state index is 0.0711. The van der Waals surface area contributed by atoms with Gasteiger partial charge >= 0.3 is 0 Å². The number of aryl methyl sites for hydroxylation is 1. The van der Waals surface area contributed by atoms with Crippen molar-refractivity contribution >= 4 is 17.5 Å². The summed E-state index contributed by atoms with van der Waals surface area (Å²) in [4.78, 5) is 12.6. The summed E-state index contributed by atoms with van der Waals surface area (Å²) in [6.07, 6.45) is 0. The van der Waals surface area contributed by atoms with Crippen molar-refractivity contribution in [3.05, 3.63) is 46.2 Å². The zero-order valence-electron chi connectivity index (χ0n) is 14.4. The molecule has 0 fully saturated rings. The van der Waals surface area contributed by atoms with Crippen LogP contribution in [0.3, 0.4) is 0 Å². The Bertz CT molecular complexity index is 704. The van der Waals surface area contributed by atoms with Gasteiger partial charge in [-0.3, -0.25) is 4.79 Å². The molecule has 124 valence electrons. The van der Waals surface area contributed by atoms with E-state index < -0.39 is 0 Å². The number of benzene rings is 1. The quantitative estimate of drug-likeness (QED) is 0.884. The van der Waals surface area contributed by atoms with Crippen LogP contribution in [0.25, 0.3) is 5.69 Å². The highest BCUT2D eigenvalue weighted by Crippen LogP contribution is 2.28. The average Bonchev–Trinajstić information content (AvgIpc) is 2.82. The second kappa shape index (κ2) is 7.18. The van der Waals surface area contributed by atoms with Gasteiger partial charge in [0.2, 0.25) is 0 Å². The molecular formula is C18H24ClN3O. The monoisotopic (exact) mass is 333 g/mol. The van der Waals surface area contributed by atoms with E-state index in [1.165, 1.54) is 0 Å². The van der Waals surface area contributed by atoms with Gasteiger partial charge in [0.05, 0.1) is 27.7 Å². The van der Waals surface area contributed by atoms with Crippen LogP contribution in [0.2, 0.25) is 5.02 Å². The lowest BCUT2D eigenvalue weighted by Gasteiger charge is -2.14. The average molecular weight is 334 g/mol. The van der Waals surface area contributed by atoms with Crippen molar-refractivity contribution in [2.24, 2.45) is 5.92 Å². The molecule has 0 saturated heterocycles. The van der Waals surface area contributed by atoms with Crippen molar-refractivity contribution in [3.8, 4) is 5.69 Å². The number of nitrogens with zero attached hydrogens (tertiary/aromatic N) is 2. The molecule has 0 saturated carbocycles. The van der Waals surface area contributed by atoms with Gasteiger partial charge in [-0.15, -0.1) is 0 Å². The molecule has 23 heavy (non-hydrogen) atoms. The van der Waals surface area contributed by atoms with Crippen molar-refractivity contribution < 1.29 is 4.79 Å².